The van der Waals surface area contributed by atoms with E-state index in [0.717, 1.165) is 17.7 Å². The summed E-state index contributed by atoms with van der Waals surface area (Å²) in [4.78, 5) is 1.84. The van der Waals surface area contributed by atoms with Crippen LogP contribution in [0.15, 0.2) is 48.5 Å². The summed E-state index contributed by atoms with van der Waals surface area (Å²) in [6, 6.07) is 17.0. The summed E-state index contributed by atoms with van der Waals surface area (Å²) in [6.45, 7) is 11.7. The van der Waals surface area contributed by atoms with E-state index < -0.39 is 0 Å². The first kappa shape index (κ1) is 19.0. The molecule has 2 aromatic rings. The van der Waals surface area contributed by atoms with Crippen molar-refractivity contribution in [2.24, 2.45) is 5.73 Å². The van der Waals surface area contributed by atoms with Crippen molar-refractivity contribution in [1.29, 1.82) is 5.41 Å². The van der Waals surface area contributed by atoms with Gasteiger partial charge in [-0.2, -0.15) is 0 Å². The van der Waals surface area contributed by atoms with Gasteiger partial charge in [0.05, 0.1) is 6.54 Å². The number of nitrogens with zero attached hydrogens (tertiary/aromatic N) is 1. The van der Waals surface area contributed by atoms with E-state index in [1.54, 1.807) is 0 Å². The van der Waals surface area contributed by atoms with E-state index in [9.17, 15) is 0 Å². The quantitative estimate of drug-likeness (QED) is 0.567. The molecule has 3 heteroatoms. The largest absolute Gasteiger partial charge is 0.370 e. The summed E-state index contributed by atoms with van der Waals surface area (Å²) < 4.78 is 0. The molecule has 0 bridgehead atoms. The van der Waals surface area contributed by atoms with Crippen LogP contribution in [0.25, 0.3) is 0 Å². The summed E-state index contributed by atoms with van der Waals surface area (Å²) in [5.41, 5.74) is 10.7. The molecule has 3 nitrogen and oxygen atoms in total. The van der Waals surface area contributed by atoms with Gasteiger partial charge in [0.15, 0.2) is 5.96 Å². The molecule has 0 fully saturated rings. The van der Waals surface area contributed by atoms with Gasteiger partial charge < -0.3 is 10.6 Å². The predicted octanol–water partition coefficient (Wildman–Crippen LogP) is 5.40. The molecule has 0 amide bonds. The minimum Gasteiger partial charge on any atom is -0.370 e. The first-order chi connectivity index (χ1) is 11.7. The first-order valence-electron chi connectivity index (χ1n) is 9.03. The molecule has 1 unspecified atom stereocenters. The van der Waals surface area contributed by atoms with Gasteiger partial charge >= 0.3 is 0 Å². The summed E-state index contributed by atoms with van der Waals surface area (Å²) in [7, 11) is 0. The van der Waals surface area contributed by atoms with Crippen molar-refractivity contribution in [1.82, 2.24) is 0 Å². The Morgan fingerprint density at radius 2 is 1.60 bits per heavy atom. The second kappa shape index (κ2) is 7.73. The molecular weight excluding hydrogens is 306 g/mol. The summed E-state index contributed by atoms with van der Waals surface area (Å²) in [5, 5.41) is 7.96. The van der Waals surface area contributed by atoms with E-state index in [-0.39, 0.29) is 11.4 Å². The number of benzene rings is 2. The third-order valence-corrected chi connectivity index (χ3v) is 4.84. The highest BCUT2D eigenvalue weighted by molar-refractivity contribution is 5.92. The lowest BCUT2D eigenvalue weighted by atomic mass is 9.87. The van der Waals surface area contributed by atoms with Gasteiger partial charge in [0.2, 0.25) is 0 Å². The summed E-state index contributed by atoms with van der Waals surface area (Å²) in [6.07, 6.45) is 1.12. The average Bonchev–Trinajstić information content (AvgIpc) is 2.58. The molecule has 0 aliphatic rings. The Hall–Kier alpha value is -2.29. The maximum atomic E-state index is 7.96. The van der Waals surface area contributed by atoms with Crippen molar-refractivity contribution < 1.29 is 0 Å². The van der Waals surface area contributed by atoms with Crippen LogP contribution in [0, 0.1) is 5.41 Å². The minimum absolute atomic E-state index is 0.0659. The Kier molecular flexibility index (Phi) is 5.89. The lowest BCUT2D eigenvalue weighted by Crippen LogP contribution is -2.35. The fraction of sp³-hybridized carbons (Fsp3) is 0.409. The van der Waals surface area contributed by atoms with Crippen molar-refractivity contribution in [3.8, 4) is 0 Å². The number of rotatable bonds is 5. The van der Waals surface area contributed by atoms with E-state index in [2.05, 4.69) is 83.1 Å². The highest BCUT2D eigenvalue weighted by Crippen LogP contribution is 2.25. The van der Waals surface area contributed by atoms with Crippen LogP contribution in [-0.4, -0.2) is 5.96 Å². The summed E-state index contributed by atoms with van der Waals surface area (Å²) in [5.74, 6) is 0.612. The van der Waals surface area contributed by atoms with Gasteiger partial charge in [0.25, 0.3) is 0 Å². The van der Waals surface area contributed by atoms with Crippen molar-refractivity contribution in [2.75, 3.05) is 4.90 Å². The molecule has 0 spiro atoms. The first-order valence-corrected chi connectivity index (χ1v) is 9.03. The number of hydrogen-bond acceptors (Lipinski definition) is 1. The molecule has 0 aromatic heterocycles. The van der Waals surface area contributed by atoms with Gasteiger partial charge in [-0.25, -0.2) is 0 Å². The SMILES string of the molecule is CCC(C)c1ccc(N(Cc2ccc(C(C)(C)C)cc2)C(=N)N)cc1. The normalized spacial score (nSPS) is 12.7. The third-order valence-electron chi connectivity index (χ3n) is 4.84. The molecule has 0 saturated carbocycles. The van der Waals surface area contributed by atoms with Crippen LogP contribution in [0.5, 0.6) is 0 Å². The maximum absolute atomic E-state index is 7.96. The predicted molar refractivity (Wildman–Crippen MR) is 108 cm³/mol. The number of guanidine groups is 1. The van der Waals surface area contributed by atoms with Gasteiger partial charge in [-0.05, 0) is 46.6 Å². The van der Waals surface area contributed by atoms with Crippen molar-refractivity contribution in [3.05, 3.63) is 65.2 Å². The van der Waals surface area contributed by atoms with Crippen LogP contribution < -0.4 is 10.6 Å². The Morgan fingerprint density at radius 3 is 2.04 bits per heavy atom. The van der Waals surface area contributed by atoms with Gasteiger partial charge in [-0.15, -0.1) is 0 Å². The molecule has 0 radical (unpaired) electrons. The van der Waals surface area contributed by atoms with E-state index in [0.29, 0.717) is 12.5 Å². The highest BCUT2D eigenvalue weighted by atomic mass is 15.2. The molecular formula is C22H31N3. The van der Waals surface area contributed by atoms with E-state index in [1.807, 2.05) is 4.90 Å². The summed E-state index contributed by atoms with van der Waals surface area (Å²) >= 11 is 0. The fourth-order valence-corrected chi connectivity index (χ4v) is 2.83. The number of nitrogens with two attached hydrogens (primary N) is 1. The number of hydrogen-bond donors (Lipinski definition) is 2. The van der Waals surface area contributed by atoms with Crippen LogP contribution in [0.4, 0.5) is 5.69 Å². The highest BCUT2D eigenvalue weighted by Gasteiger charge is 2.15. The Morgan fingerprint density at radius 1 is 1.04 bits per heavy atom. The molecule has 1 atom stereocenters. The monoisotopic (exact) mass is 337 g/mol. The lowest BCUT2D eigenvalue weighted by Gasteiger charge is -2.24. The molecule has 2 rings (SSSR count). The van der Waals surface area contributed by atoms with Crippen LogP contribution in [0.3, 0.4) is 0 Å². The minimum atomic E-state index is 0.0659. The molecule has 25 heavy (non-hydrogen) atoms. The van der Waals surface area contributed by atoms with Crippen molar-refractivity contribution >= 4 is 11.6 Å². The van der Waals surface area contributed by atoms with Crippen LogP contribution >= 0.6 is 0 Å². The third kappa shape index (κ3) is 4.85. The molecule has 2 aromatic carbocycles. The number of nitrogens with one attached hydrogen (secondary N) is 1. The fourth-order valence-electron chi connectivity index (χ4n) is 2.83. The van der Waals surface area contributed by atoms with Crippen LogP contribution in [0.2, 0.25) is 0 Å². The van der Waals surface area contributed by atoms with Gasteiger partial charge in [-0.3, -0.25) is 5.41 Å². The smallest absolute Gasteiger partial charge is 0.193 e. The molecule has 134 valence electrons. The molecule has 3 N–H and O–H groups in total. The topological polar surface area (TPSA) is 53.1 Å². The Bertz CT molecular complexity index is 694. The lowest BCUT2D eigenvalue weighted by molar-refractivity contribution is 0.590. The molecule has 0 aliphatic carbocycles. The Labute approximate surface area is 152 Å². The zero-order valence-electron chi connectivity index (χ0n) is 16.1. The van der Waals surface area contributed by atoms with Crippen LogP contribution in [-0.2, 0) is 12.0 Å². The standard InChI is InChI=1S/C22H31N3/c1-6-16(2)18-9-13-20(14-10-18)25(21(23)24)15-17-7-11-19(12-8-17)22(3,4)5/h7-14,16H,6,15H2,1-5H3,(H3,23,24). The number of anilines is 1. The second-order valence-corrected chi connectivity index (χ2v) is 7.82. The van der Waals surface area contributed by atoms with Crippen LogP contribution in [0.1, 0.15) is 63.6 Å². The maximum Gasteiger partial charge on any atom is 0.193 e. The van der Waals surface area contributed by atoms with Gasteiger partial charge in [0, 0.05) is 5.69 Å². The zero-order valence-corrected chi connectivity index (χ0v) is 16.1. The van der Waals surface area contributed by atoms with Crippen molar-refractivity contribution in [2.45, 2.75) is 58.9 Å². The van der Waals surface area contributed by atoms with E-state index >= 15 is 0 Å². The molecule has 0 aliphatic heterocycles. The second-order valence-electron chi connectivity index (χ2n) is 7.82. The molecule has 0 saturated heterocycles. The van der Waals surface area contributed by atoms with Gasteiger partial charge in [-0.1, -0.05) is 71.0 Å². The van der Waals surface area contributed by atoms with E-state index in [1.165, 1.54) is 11.1 Å². The average molecular weight is 338 g/mol. The molecule has 0 heterocycles. The zero-order chi connectivity index (χ0) is 18.6. The van der Waals surface area contributed by atoms with Gasteiger partial charge in [0.1, 0.15) is 0 Å². The Balaban J connectivity index is 2.20. The van der Waals surface area contributed by atoms with E-state index in [4.69, 9.17) is 11.1 Å². The van der Waals surface area contributed by atoms with Crippen molar-refractivity contribution in [3.63, 3.8) is 0 Å².